The molecular weight excluding hydrogens is 254 g/mol. The van der Waals surface area contributed by atoms with E-state index in [2.05, 4.69) is 18.8 Å². The van der Waals surface area contributed by atoms with Gasteiger partial charge in [-0.25, -0.2) is 4.98 Å². The van der Waals surface area contributed by atoms with Crippen LogP contribution >= 0.6 is 0 Å². The predicted molar refractivity (Wildman–Crippen MR) is 79.8 cm³/mol. The first-order valence-corrected chi connectivity index (χ1v) is 7.52. The smallest absolute Gasteiger partial charge is 0.274 e. The zero-order valence-electron chi connectivity index (χ0n) is 13.0. The monoisotopic (exact) mass is 281 g/mol. The summed E-state index contributed by atoms with van der Waals surface area (Å²) >= 11 is 0. The highest BCUT2D eigenvalue weighted by Crippen LogP contribution is 2.06. The Hall–Kier alpha value is -1.36. The molecule has 1 rings (SSSR count). The number of imidazole rings is 1. The normalized spacial score (nSPS) is 10.8. The molecule has 1 amide bonds. The van der Waals surface area contributed by atoms with Gasteiger partial charge in [0.05, 0.1) is 12.9 Å². The van der Waals surface area contributed by atoms with Crippen LogP contribution < -0.4 is 0 Å². The molecule has 0 N–H and O–H groups in total. The Kier molecular flexibility index (Phi) is 7.95. The van der Waals surface area contributed by atoms with Gasteiger partial charge in [-0.2, -0.15) is 0 Å². The molecule has 0 saturated heterocycles. The first kappa shape index (κ1) is 16.7. The molecule has 0 spiro atoms. The molecule has 1 heterocycles. The van der Waals surface area contributed by atoms with Crippen molar-refractivity contribution in [3.8, 4) is 0 Å². The van der Waals surface area contributed by atoms with E-state index in [0.29, 0.717) is 12.3 Å². The Morgan fingerprint density at radius 1 is 1.30 bits per heavy atom. The van der Waals surface area contributed by atoms with E-state index in [0.717, 1.165) is 45.3 Å². The second-order valence-corrected chi connectivity index (χ2v) is 4.99. The van der Waals surface area contributed by atoms with E-state index in [1.807, 2.05) is 15.7 Å². The standard InChI is InChI=1S/C15H27N3O2/c1-4-6-8-18(9-7-5-2)15(19)14-12-17(13-16-14)10-11-20-3/h12-13H,4-11H2,1-3H3. The molecule has 0 aliphatic heterocycles. The molecule has 5 nitrogen and oxygen atoms in total. The third kappa shape index (κ3) is 5.33. The van der Waals surface area contributed by atoms with Crippen molar-refractivity contribution in [2.45, 2.75) is 46.1 Å². The van der Waals surface area contributed by atoms with Gasteiger partial charge in [0.25, 0.3) is 5.91 Å². The summed E-state index contributed by atoms with van der Waals surface area (Å²) in [6.07, 6.45) is 7.78. The Labute approximate surface area is 121 Å². The van der Waals surface area contributed by atoms with Crippen LogP contribution in [0.4, 0.5) is 0 Å². The topological polar surface area (TPSA) is 47.4 Å². The summed E-state index contributed by atoms with van der Waals surface area (Å²) < 4.78 is 6.92. The van der Waals surface area contributed by atoms with Gasteiger partial charge in [0, 0.05) is 32.9 Å². The van der Waals surface area contributed by atoms with Crippen LogP contribution in [-0.4, -0.2) is 47.2 Å². The molecule has 0 bridgehead atoms. The number of nitrogens with zero attached hydrogens (tertiary/aromatic N) is 3. The van der Waals surface area contributed by atoms with E-state index in [1.165, 1.54) is 0 Å². The molecule has 1 aromatic rings. The van der Waals surface area contributed by atoms with Crippen molar-refractivity contribution in [2.75, 3.05) is 26.8 Å². The van der Waals surface area contributed by atoms with Crippen molar-refractivity contribution in [2.24, 2.45) is 0 Å². The summed E-state index contributed by atoms with van der Waals surface area (Å²) in [5, 5.41) is 0. The molecular formula is C15H27N3O2. The van der Waals surface area contributed by atoms with Crippen LogP contribution in [0.2, 0.25) is 0 Å². The second-order valence-electron chi connectivity index (χ2n) is 4.99. The average molecular weight is 281 g/mol. The molecule has 0 saturated carbocycles. The third-order valence-electron chi connectivity index (χ3n) is 3.26. The highest BCUT2D eigenvalue weighted by Gasteiger charge is 2.17. The molecule has 0 aliphatic carbocycles. The fraction of sp³-hybridized carbons (Fsp3) is 0.733. The molecule has 5 heteroatoms. The molecule has 0 atom stereocenters. The first-order chi connectivity index (χ1) is 9.72. The number of unbranched alkanes of at least 4 members (excludes halogenated alkanes) is 2. The van der Waals surface area contributed by atoms with E-state index >= 15 is 0 Å². The molecule has 0 unspecified atom stereocenters. The lowest BCUT2D eigenvalue weighted by Crippen LogP contribution is -2.33. The average Bonchev–Trinajstić information content (AvgIpc) is 2.93. The van der Waals surface area contributed by atoms with E-state index in [1.54, 1.807) is 13.4 Å². The number of carbonyl (C=O) groups is 1. The SMILES string of the molecule is CCCCN(CCCC)C(=O)c1cn(CCOC)cn1. The number of aromatic nitrogens is 2. The number of hydrogen-bond acceptors (Lipinski definition) is 3. The van der Waals surface area contributed by atoms with Crippen molar-refractivity contribution in [1.82, 2.24) is 14.5 Å². The minimum atomic E-state index is 0.0445. The van der Waals surface area contributed by atoms with Crippen molar-refractivity contribution in [3.63, 3.8) is 0 Å². The summed E-state index contributed by atoms with van der Waals surface area (Å²) in [4.78, 5) is 18.6. The Bertz CT molecular complexity index is 382. The number of ether oxygens (including phenoxy) is 1. The van der Waals surface area contributed by atoms with Crippen molar-refractivity contribution >= 4 is 5.91 Å². The van der Waals surface area contributed by atoms with E-state index in [-0.39, 0.29) is 5.91 Å². The highest BCUT2D eigenvalue weighted by molar-refractivity contribution is 5.92. The minimum absolute atomic E-state index is 0.0445. The third-order valence-corrected chi connectivity index (χ3v) is 3.26. The lowest BCUT2D eigenvalue weighted by Gasteiger charge is -2.21. The fourth-order valence-electron chi connectivity index (χ4n) is 1.96. The molecule has 114 valence electrons. The lowest BCUT2D eigenvalue weighted by atomic mass is 10.2. The number of hydrogen-bond donors (Lipinski definition) is 0. The minimum Gasteiger partial charge on any atom is -0.383 e. The molecule has 0 fully saturated rings. The number of methoxy groups -OCH3 is 1. The van der Waals surface area contributed by atoms with E-state index in [4.69, 9.17) is 4.74 Å². The van der Waals surface area contributed by atoms with Gasteiger partial charge < -0.3 is 14.2 Å². The van der Waals surface area contributed by atoms with Gasteiger partial charge in [-0.15, -0.1) is 0 Å². The van der Waals surface area contributed by atoms with Gasteiger partial charge >= 0.3 is 0 Å². The maximum Gasteiger partial charge on any atom is 0.274 e. The molecule has 0 radical (unpaired) electrons. The van der Waals surface area contributed by atoms with Gasteiger partial charge in [-0.3, -0.25) is 4.79 Å². The van der Waals surface area contributed by atoms with Crippen LogP contribution in [0.15, 0.2) is 12.5 Å². The van der Waals surface area contributed by atoms with Crippen LogP contribution in [0.5, 0.6) is 0 Å². The Morgan fingerprint density at radius 3 is 2.50 bits per heavy atom. The molecule has 0 aromatic carbocycles. The Morgan fingerprint density at radius 2 is 1.95 bits per heavy atom. The maximum absolute atomic E-state index is 12.5. The number of amides is 1. The molecule has 1 aromatic heterocycles. The van der Waals surface area contributed by atoms with Gasteiger partial charge in [0.2, 0.25) is 0 Å². The quantitative estimate of drug-likeness (QED) is 0.662. The van der Waals surface area contributed by atoms with Gasteiger partial charge in [0.1, 0.15) is 5.69 Å². The maximum atomic E-state index is 12.5. The number of rotatable bonds is 10. The largest absolute Gasteiger partial charge is 0.383 e. The van der Waals surface area contributed by atoms with Crippen molar-refractivity contribution in [1.29, 1.82) is 0 Å². The van der Waals surface area contributed by atoms with Crippen LogP contribution in [0, 0.1) is 0 Å². The van der Waals surface area contributed by atoms with E-state index < -0.39 is 0 Å². The van der Waals surface area contributed by atoms with Crippen LogP contribution in [0.1, 0.15) is 50.0 Å². The zero-order chi connectivity index (χ0) is 14.8. The molecule has 0 aliphatic rings. The summed E-state index contributed by atoms with van der Waals surface area (Å²) in [6.45, 7) is 7.27. The van der Waals surface area contributed by atoms with Crippen LogP contribution in [-0.2, 0) is 11.3 Å². The lowest BCUT2D eigenvalue weighted by molar-refractivity contribution is 0.0745. The van der Waals surface area contributed by atoms with Gasteiger partial charge in [0.15, 0.2) is 0 Å². The fourth-order valence-corrected chi connectivity index (χ4v) is 1.96. The van der Waals surface area contributed by atoms with Gasteiger partial charge in [-0.05, 0) is 12.8 Å². The summed E-state index contributed by atoms with van der Waals surface area (Å²) in [6, 6.07) is 0. The Balaban J connectivity index is 2.64. The summed E-state index contributed by atoms with van der Waals surface area (Å²) in [5.41, 5.74) is 0.535. The summed E-state index contributed by atoms with van der Waals surface area (Å²) in [7, 11) is 1.67. The first-order valence-electron chi connectivity index (χ1n) is 7.52. The summed E-state index contributed by atoms with van der Waals surface area (Å²) in [5.74, 6) is 0.0445. The van der Waals surface area contributed by atoms with Crippen molar-refractivity contribution < 1.29 is 9.53 Å². The van der Waals surface area contributed by atoms with Crippen LogP contribution in [0.25, 0.3) is 0 Å². The highest BCUT2D eigenvalue weighted by atomic mass is 16.5. The molecule has 20 heavy (non-hydrogen) atoms. The second kappa shape index (κ2) is 9.53. The zero-order valence-corrected chi connectivity index (χ0v) is 13.0. The van der Waals surface area contributed by atoms with E-state index in [9.17, 15) is 4.79 Å². The number of carbonyl (C=O) groups excluding carboxylic acids is 1. The predicted octanol–water partition coefficient (Wildman–Crippen LogP) is 2.57. The van der Waals surface area contributed by atoms with Gasteiger partial charge in [-0.1, -0.05) is 26.7 Å². The van der Waals surface area contributed by atoms with Crippen molar-refractivity contribution in [3.05, 3.63) is 18.2 Å². The van der Waals surface area contributed by atoms with Crippen LogP contribution in [0.3, 0.4) is 0 Å².